The van der Waals surface area contributed by atoms with Crippen LogP contribution in [0.5, 0.6) is 0 Å². The molecule has 20 heavy (non-hydrogen) atoms. The summed E-state index contributed by atoms with van der Waals surface area (Å²) in [5, 5.41) is 3.86. The van der Waals surface area contributed by atoms with E-state index in [9.17, 15) is 4.79 Å². The van der Waals surface area contributed by atoms with E-state index < -0.39 is 0 Å². The molecule has 0 atom stereocenters. The highest BCUT2D eigenvalue weighted by Crippen LogP contribution is 2.16. The molecule has 0 bridgehead atoms. The summed E-state index contributed by atoms with van der Waals surface area (Å²) >= 11 is 9.96. The zero-order valence-electron chi connectivity index (χ0n) is 11.5. The van der Waals surface area contributed by atoms with Crippen LogP contribution in [0, 0.1) is 0 Å². The Kier molecular flexibility index (Phi) is 6.20. The number of rotatable bonds is 5. The van der Waals surface area contributed by atoms with Crippen LogP contribution < -0.4 is 5.32 Å². The lowest BCUT2D eigenvalue weighted by atomic mass is 10.0. The zero-order chi connectivity index (χ0) is 14.4. The van der Waals surface area contributed by atoms with Gasteiger partial charge in [0.1, 0.15) is 0 Å². The highest BCUT2D eigenvalue weighted by Gasteiger charge is 2.20. The van der Waals surface area contributed by atoms with Gasteiger partial charge in [-0.3, -0.25) is 9.69 Å². The molecular formula is C15H21ClN2OS. The minimum atomic E-state index is 0.121. The van der Waals surface area contributed by atoms with Gasteiger partial charge in [0.15, 0.2) is 0 Å². The molecule has 1 aromatic carbocycles. The highest BCUT2D eigenvalue weighted by atomic mass is 35.5. The number of nitrogens with one attached hydrogen (secondary N) is 1. The molecule has 0 radical (unpaired) electrons. The third kappa shape index (κ3) is 5.00. The molecule has 1 aromatic rings. The predicted molar refractivity (Wildman–Crippen MR) is 86.4 cm³/mol. The first-order chi connectivity index (χ1) is 9.67. The van der Waals surface area contributed by atoms with Crippen LogP contribution in [0.3, 0.4) is 0 Å². The van der Waals surface area contributed by atoms with Gasteiger partial charge in [0.05, 0.1) is 0 Å². The molecule has 110 valence electrons. The number of carbonyl (C=O) groups excluding carboxylic acids is 1. The topological polar surface area (TPSA) is 32.3 Å². The van der Waals surface area contributed by atoms with Gasteiger partial charge in [0.2, 0.25) is 5.91 Å². The second kappa shape index (κ2) is 7.91. The first-order valence-corrected chi connectivity index (χ1v) is 8.05. The number of nitrogens with zero attached hydrogens (tertiary/aromatic N) is 1. The molecule has 1 N–H and O–H groups in total. The lowest BCUT2D eigenvalue weighted by Crippen LogP contribution is -2.44. The van der Waals surface area contributed by atoms with E-state index in [0.29, 0.717) is 18.2 Å². The molecule has 1 amide bonds. The molecule has 3 nitrogen and oxygen atoms in total. The maximum atomic E-state index is 11.5. The Balaban J connectivity index is 1.74. The molecule has 0 spiro atoms. The largest absolute Gasteiger partial charge is 0.353 e. The second-order valence-corrected chi connectivity index (χ2v) is 6.10. The van der Waals surface area contributed by atoms with Gasteiger partial charge in [-0.05, 0) is 36.3 Å². The molecule has 1 heterocycles. The van der Waals surface area contributed by atoms with Gasteiger partial charge in [0, 0.05) is 37.1 Å². The normalized spacial score (nSPS) is 17.1. The summed E-state index contributed by atoms with van der Waals surface area (Å²) in [6, 6.07) is 8.33. The van der Waals surface area contributed by atoms with Crippen LogP contribution in [0.1, 0.15) is 24.8 Å². The van der Waals surface area contributed by atoms with E-state index in [1.165, 1.54) is 5.56 Å². The smallest absolute Gasteiger partial charge is 0.221 e. The maximum Gasteiger partial charge on any atom is 0.221 e. The number of likely N-dealkylation sites (tertiary alicyclic amines) is 1. The molecule has 0 unspecified atom stereocenters. The zero-order valence-corrected chi connectivity index (χ0v) is 13.2. The lowest BCUT2D eigenvalue weighted by Gasteiger charge is -2.32. The van der Waals surface area contributed by atoms with Gasteiger partial charge in [-0.1, -0.05) is 23.7 Å². The van der Waals surface area contributed by atoms with E-state index in [1.54, 1.807) is 0 Å². The van der Waals surface area contributed by atoms with Gasteiger partial charge in [-0.2, -0.15) is 12.6 Å². The number of hydrogen-bond acceptors (Lipinski definition) is 3. The Bertz CT molecular complexity index is 430. The fraction of sp³-hybridized carbons (Fsp3) is 0.533. The molecule has 1 saturated heterocycles. The number of carbonyl (C=O) groups is 1. The summed E-state index contributed by atoms with van der Waals surface area (Å²) in [5.74, 6) is 0.734. The van der Waals surface area contributed by atoms with Crippen molar-refractivity contribution in [2.45, 2.75) is 31.8 Å². The summed E-state index contributed by atoms with van der Waals surface area (Å²) in [5.41, 5.74) is 1.28. The summed E-state index contributed by atoms with van der Waals surface area (Å²) in [4.78, 5) is 14.0. The monoisotopic (exact) mass is 312 g/mol. The molecule has 1 fully saturated rings. The minimum Gasteiger partial charge on any atom is -0.353 e. The van der Waals surface area contributed by atoms with E-state index in [0.717, 1.165) is 37.5 Å². The van der Waals surface area contributed by atoms with Crippen LogP contribution in [-0.2, 0) is 11.3 Å². The number of piperidine rings is 1. The van der Waals surface area contributed by atoms with Crippen molar-refractivity contribution in [3.63, 3.8) is 0 Å². The van der Waals surface area contributed by atoms with Gasteiger partial charge < -0.3 is 5.32 Å². The Labute approximate surface area is 131 Å². The predicted octanol–water partition coefficient (Wildman–Crippen LogP) is 2.74. The highest BCUT2D eigenvalue weighted by molar-refractivity contribution is 7.80. The number of benzene rings is 1. The number of thiol groups is 1. The number of amides is 1. The van der Waals surface area contributed by atoms with E-state index in [-0.39, 0.29) is 5.91 Å². The molecule has 1 aliphatic rings. The van der Waals surface area contributed by atoms with Crippen LogP contribution in [0.4, 0.5) is 0 Å². The molecule has 0 saturated carbocycles. The summed E-state index contributed by atoms with van der Waals surface area (Å²) in [6.45, 7) is 3.00. The molecule has 2 rings (SSSR count). The van der Waals surface area contributed by atoms with Crippen LogP contribution >= 0.6 is 24.2 Å². The SMILES string of the molecule is O=C(CCS)NC1CCN(Cc2ccc(Cl)cc2)CC1. The van der Waals surface area contributed by atoms with Crippen molar-refractivity contribution >= 4 is 30.1 Å². The van der Waals surface area contributed by atoms with Gasteiger partial charge in [-0.25, -0.2) is 0 Å². The quantitative estimate of drug-likeness (QED) is 0.820. The second-order valence-electron chi connectivity index (χ2n) is 5.22. The number of halogens is 1. The van der Waals surface area contributed by atoms with Gasteiger partial charge in [0.25, 0.3) is 0 Å². The summed E-state index contributed by atoms with van der Waals surface area (Å²) in [6.07, 6.45) is 2.55. The van der Waals surface area contributed by atoms with Crippen LogP contribution in [0.2, 0.25) is 5.02 Å². The third-order valence-electron chi connectivity index (χ3n) is 3.61. The standard InChI is InChI=1S/C15H21ClN2OS/c16-13-3-1-12(2-4-13)11-18-8-5-14(6-9-18)17-15(19)7-10-20/h1-4,14,20H,5-11H2,(H,17,19). The van der Waals surface area contributed by atoms with Crippen molar-refractivity contribution < 1.29 is 4.79 Å². The first-order valence-electron chi connectivity index (χ1n) is 7.04. The van der Waals surface area contributed by atoms with Crippen LogP contribution in [0.25, 0.3) is 0 Å². The molecule has 1 aliphatic heterocycles. The van der Waals surface area contributed by atoms with Crippen molar-refractivity contribution in [1.82, 2.24) is 10.2 Å². The summed E-state index contributed by atoms with van der Waals surface area (Å²) < 4.78 is 0. The van der Waals surface area contributed by atoms with E-state index >= 15 is 0 Å². The average Bonchev–Trinajstić information content (AvgIpc) is 2.44. The van der Waals surface area contributed by atoms with Crippen LogP contribution in [-0.4, -0.2) is 35.7 Å². The Hall–Kier alpha value is -0.710. The number of hydrogen-bond donors (Lipinski definition) is 2. The van der Waals surface area contributed by atoms with Gasteiger partial charge in [-0.15, -0.1) is 0 Å². The Morgan fingerprint density at radius 2 is 1.95 bits per heavy atom. The van der Waals surface area contributed by atoms with Crippen molar-refractivity contribution in [1.29, 1.82) is 0 Å². The Morgan fingerprint density at radius 3 is 2.55 bits per heavy atom. The van der Waals surface area contributed by atoms with E-state index in [4.69, 9.17) is 11.6 Å². The fourth-order valence-electron chi connectivity index (χ4n) is 2.48. The first kappa shape index (κ1) is 15.7. The van der Waals surface area contributed by atoms with Crippen LogP contribution in [0.15, 0.2) is 24.3 Å². The third-order valence-corrected chi connectivity index (χ3v) is 4.09. The average molecular weight is 313 g/mol. The lowest BCUT2D eigenvalue weighted by molar-refractivity contribution is -0.121. The van der Waals surface area contributed by atoms with Crippen molar-refractivity contribution in [2.75, 3.05) is 18.8 Å². The minimum absolute atomic E-state index is 0.121. The van der Waals surface area contributed by atoms with Gasteiger partial charge >= 0.3 is 0 Å². The molecule has 0 aromatic heterocycles. The van der Waals surface area contributed by atoms with Crippen molar-refractivity contribution in [3.8, 4) is 0 Å². The molecule has 0 aliphatic carbocycles. The summed E-state index contributed by atoms with van der Waals surface area (Å²) in [7, 11) is 0. The van der Waals surface area contributed by atoms with Crippen molar-refractivity contribution in [3.05, 3.63) is 34.9 Å². The van der Waals surface area contributed by atoms with E-state index in [1.807, 2.05) is 12.1 Å². The van der Waals surface area contributed by atoms with Crippen molar-refractivity contribution in [2.24, 2.45) is 0 Å². The molecular weight excluding hydrogens is 292 g/mol. The maximum absolute atomic E-state index is 11.5. The Morgan fingerprint density at radius 1 is 1.30 bits per heavy atom. The van der Waals surface area contributed by atoms with E-state index in [2.05, 4.69) is 35.0 Å². The molecule has 5 heteroatoms. The fourth-order valence-corrected chi connectivity index (χ4v) is 2.81.